The summed E-state index contributed by atoms with van der Waals surface area (Å²) in [6, 6.07) is 0. The molecular weight excluding hydrogens is 360 g/mol. The fourth-order valence-electron chi connectivity index (χ4n) is 2.64. The van der Waals surface area contributed by atoms with Crippen molar-refractivity contribution in [1.82, 2.24) is 0 Å². The second-order valence-corrected chi connectivity index (χ2v) is 7.12. The first-order valence-electron chi connectivity index (χ1n) is 8.86. The van der Waals surface area contributed by atoms with Crippen LogP contribution in [0, 0.1) is 0 Å². The Labute approximate surface area is 178 Å². The summed E-state index contributed by atoms with van der Waals surface area (Å²) in [5.74, 6) is 0. The van der Waals surface area contributed by atoms with Gasteiger partial charge in [0, 0.05) is 0 Å². The predicted molar refractivity (Wildman–Crippen MR) is 91.4 cm³/mol. The van der Waals surface area contributed by atoms with Crippen LogP contribution in [0.4, 0.5) is 0 Å². The van der Waals surface area contributed by atoms with Crippen LogP contribution in [0.5, 0.6) is 0 Å². The van der Waals surface area contributed by atoms with Crippen molar-refractivity contribution < 1.29 is 65.7 Å². The van der Waals surface area contributed by atoms with E-state index in [4.69, 9.17) is 19.2 Å². The molecule has 0 atom stereocenters. The third-order valence-electron chi connectivity index (χ3n) is 3.94. The van der Waals surface area contributed by atoms with Gasteiger partial charge in [0.05, 0.1) is 26.2 Å². The number of hydrogen-bond donors (Lipinski definition) is 2. The Balaban J connectivity index is -0.000000250. The fraction of sp³-hybridized carbons (Fsp3) is 1.00. The monoisotopic (exact) mass is 397 g/mol. The number of phosphoric acid groups is 1. The maximum Gasteiger partial charge on any atom is 1.00 e. The Hall–Kier alpha value is 1.36. The van der Waals surface area contributed by atoms with Crippen LogP contribution < -0.4 is 46.9 Å². The van der Waals surface area contributed by atoms with Crippen LogP contribution in [0.1, 0.15) is 79.1 Å². The maximum absolute atomic E-state index is 8.77. The van der Waals surface area contributed by atoms with Gasteiger partial charge in [-0.1, -0.05) is 53.4 Å². The van der Waals surface area contributed by atoms with Gasteiger partial charge < -0.3 is 31.6 Å². The minimum atomic E-state index is -4.89. The van der Waals surface area contributed by atoms with Crippen molar-refractivity contribution in [2.45, 2.75) is 79.1 Å². The largest absolute Gasteiger partial charge is 1.00 e. The Morgan fingerprint density at radius 1 is 0.750 bits per heavy atom. The third-order valence-corrected chi connectivity index (χ3v) is 3.94. The molecule has 0 aromatic heterocycles. The molecule has 0 radical (unpaired) electrons. The van der Waals surface area contributed by atoms with Gasteiger partial charge in [0.2, 0.25) is 0 Å². The van der Waals surface area contributed by atoms with E-state index in [0.717, 1.165) is 0 Å². The van der Waals surface area contributed by atoms with Crippen molar-refractivity contribution in [3.8, 4) is 0 Å². The van der Waals surface area contributed by atoms with Crippen LogP contribution >= 0.6 is 7.82 Å². The molecule has 0 amide bonds. The van der Waals surface area contributed by atoms with Crippen molar-refractivity contribution in [3.63, 3.8) is 0 Å². The molecule has 144 valence electrons. The molecule has 0 aliphatic carbocycles. The van der Waals surface area contributed by atoms with Gasteiger partial charge in [-0.2, -0.15) is 0 Å². The molecule has 0 bridgehead atoms. The van der Waals surface area contributed by atoms with Crippen molar-refractivity contribution in [1.29, 1.82) is 0 Å². The average molecular weight is 398 g/mol. The second-order valence-electron chi connectivity index (χ2n) is 6.14. The van der Waals surface area contributed by atoms with Crippen LogP contribution in [-0.2, 0) is 4.57 Å². The van der Waals surface area contributed by atoms with E-state index >= 15 is 0 Å². The van der Waals surface area contributed by atoms with Gasteiger partial charge in [0.25, 0.3) is 7.82 Å². The molecule has 5 nitrogen and oxygen atoms in total. The van der Waals surface area contributed by atoms with Gasteiger partial charge in [-0.15, -0.1) is 0 Å². The average Bonchev–Trinajstić information content (AvgIpc) is 2.44. The van der Waals surface area contributed by atoms with E-state index in [2.05, 4.69) is 27.7 Å². The van der Waals surface area contributed by atoms with Crippen LogP contribution in [-0.4, -0.2) is 40.4 Å². The molecule has 0 aliphatic heterocycles. The van der Waals surface area contributed by atoms with Crippen molar-refractivity contribution in [2.75, 3.05) is 26.2 Å². The van der Waals surface area contributed by atoms with Gasteiger partial charge >= 0.3 is 29.6 Å². The summed E-state index contributed by atoms with van der Waals surface area (Å²) in [6.07, 6.45) is 11.1. The molecule has 0 aromatic carbocycles. The van der Waals surface area contributed by atoms with E-state index in [-0.39, 0.29) is 42.0 Å². The summed E-state index contributed by atoms with van der Waals surface area (Å²) in [4.78, 5) is 22.9. The minimum Gasteiger partial charge on any atom is -1.00 e. The summed E-state index contributed by atoms with van der Waals surface area (Å²) in [7, 11) is -4.89. The molecule has 0 saturated carbocycles. The predicted octanol–water partition coefficient (Wildman–Crippen LogP) is -2.55. The van der Waals surface area contributed by atoms with Crippen LogP contribution in [0.3, 0.4) is 0 Å². The smallest absolute Gasteiger partial charge is 1.00 e. The Morgan fingerprint density at radius 2 is 0.917 bits per heavy atom. The van der Waals surface area contributed by atoms with Gasteiger partial charge in [-0.05, 0) is 25.7 Å². The zero-order valence-electron chi connectivity index (χ0n) is 16.5. The molecule has 0 aliphatic rings. The van der Waals surface area contributed by atoms with E-state index in [9.17, 15) is 0 Å². The molecule has 0 aromatic rings. The van der Waals surface area contributed by atoms with Gasteiger partial charge in [0.15, 0.2) is 0 Å². The molecule has 0 saturated heterocycles. The summed E-state index contributed by atoms with van der Waals surface area (Å²) >= 11 is 0. The number of halogens is 1. The van der Waals surface area contributed by atoms with Crippen molar-refractivity contribution in [2.24, 2.45) is 0 Å². The van der Waals surface area contributed by atoms with Gasteiger partial charge in [0.1, 0.15) is 0 Å². The molecule has 24 heavy (non-hydrogen) atoms. The zero-order chi connectivity index (χ0) is 17.5. The maximum atomic E-state index is 8.77. The SMILES string of the molecule is CCCC[N+](CCCC)(CCCC)CCCC.O=P([O-])(O)O.[Cl-].[Na+]. The normalized spacial score (nSPS) is 11.0. The first kappa shape index (κ1) is 33.0. The molecule has 0 heterocycles. The molecular formula is C16H38ClNNaO4P. The number of unbranched alkanes of at least 4 members (excludes halogenated alkanes) is 4. The summed E-state index contributed by atoms with van der Waals surface area (Å²) in [5, 5.41) is 0. The summed E-state index contributed by atoms with van der Waals surface area (Å²) in [5.41, 5.74) is 0. The molecule has 0 spiro atoms. The van der Waals surface area contributed by atoms with Crippen LogP contribution in [0.2, 0.25) is 0 Å². The molecule has 0 unspecified atom stereocenters. The van der Waals surface area contributed by atoms with E-state index in [1.54, 1.807) is 0 Å². The van der Waals surface area contributed by atoms with Gasteiger partial charge in [-0.25, -0.2) is 0 Å². The molecule has 8 heteroatoms. The Kier molecular flexibility index (Phi) is 28.4. The van der Waals surface area contributed by atoms with E-state index in [0.29, 0.717) is 0 Å². The summed E-state index contributed by atoms with van der Waals surface area (Å²) < 4.78 is 10.2. The Morgan fingerprint density at radius 3 is 1.04 bits per heavy atom. The molecule has 0 rings (SSSR count). The number of rotatable bonds is 12. The first-order valence-corrected chi connectivity index (χ1v) is 10.4. The van der Waals surface area contributed by atoms with Crippen molar-refractivity contribution in [3.05, 3.63) is 0 Å². The zero-order valence-corrected chi connectivity index (χ0v) is 20.1. The minimum absolute atomic E-state index is 0. The first-order chi connectivity index (χ1) is 10.2. The fourth-order valence-corrected chi connectivity index (χ4v) is 2.64. The van der Waals surface area contributed by atoms with Crippen LogP contribution in [0.25, 0.3) is 0 Å². The van der Waals surface area contributed by atoms with Crippen LogP contribution in [0.15, 0.2) is 0 Å². The second kappa shape index (κ2) is 20.7. The van der Waals surface area contributed by atoms with E-state index in [1.165, 1.54) is 82.0 Å². The van der Waals surface area contributed by atoms with E-state index in [1.807, 2.05) is 0 Å². The molecule has 0 fully saturated rings. The number of nitrogens with zero attached hydrogens (tertiary/aromatic N) is 1. The third kappa shape index (κ3) is 25.6. The number of quaternary nitrogens is 1. The van der Waals surface area contributed by atoms with Gasteiger partial charge in [-0.3, -0.25) is 4.57 Å². The number of hydrogen-bond acceptors (Lipinski definition) is 2. The topological polar surface area (TPSA) is 80.6 Å². The standard InChI is InChI=1S/C16H36N.ClH.Na.H3O4P/c1-5-9-13-17(14-10-6-2,15-11-7-3)16-12-8-4;;;1-5(2,3)4/h5-16H2,1-4H3;1H;;(H3,1,2,3,4)/q+1;;+1;/p-2. The summed E-state index contributed by atoms with van der Waals surface area (Å²) in [6.45, 7) is 15.0. The van der Waals surface area contributed by atoms with E-state index < -0.39 is 7.82 Å². The Bertz CT molecular complexity index is 247. The molecule has 2 N–H and O–H groups in total. The quantitative estimate of drug-likeness (QED) is 0.216. The van der Waals surface area contributed by atoms with Crippen molar-refractivity contribution >= 4 is 7.82 Å².